The maximum atomic E-state index is 12.9. The first-order valence-corrected chi connectivity index (χ1v) is 11.2. The number of hydrogen-bond acceptors (Lipinski definition) is 4. The van der Waals surface area contributed by atoms with Gasteiger partial charge in [-0.05, 0) is 60.7 Å². The zero-order valence-electron chi connectivity index (χ0n) is 19.4. The first-order valence-electron chi connectivity index (χ1n) is 11.2. The lowest BCUT2D eigenvalue weighted by Crippen LogP contribution is -2.47. The fourth-order valence-electron chi connectivity index (χ4n) is 3.42. The molecule has 0 aliphatic carbocycles. The standard InChI is InChI=1S/C27H31N3O3/c1-19(2)16-25(30-26(31)24-10-5-4-8-20(24)3)27(32)29-17-21-11-13-23(14-12-21)33-18-22-9-6-7-15-28-22/h4-15,19,25H,16-18H2,1-3H3,(H,29,32)(H,30,31). The Morgan fingerprint density at radius 2 is 1.70 bits per heavy atom. The van der Waals surface area contributed by atoms with Gasteiger partial charge in [-0.25, -0.2) is 0 Å². The van der Waals surface area contributed by atoms with Gasteiger partial charge in [-0.15, -0.1) is 0 Å². The number of benzene rings is 2. The highest BCUT2D eigenvalue weighted by molar-refractivity contribution is 5.98. The van der Waals surface area contributed by atoms with E-state index in [0.717, 1.165) is 22.6 Å². The highest BCUT2D eigenvalue weighted by atomic mass is 16.5. The van der Waals surface area contributed by atoms with Crippen molar-refractivity contribution in [3.8, 4) is 5.75 Å². The number of carbonyl (C=O) groups excluding carboxylic acids is 2. The Bertz CT molecular complexity index is 1050. The second kappa shape index (κ2) is 11.8. The molecule has 0 saturated heterocycles. The van der Waals surface area contributed by atoms with E-state index in [1.54, 1.807) is 12.3 Å². The zero-order chi connectivity index (χ0) is 23.6. The maximum absolute atomic E-state index is 12.9. The molecule has 1 unspecified atom stereocenters. The van der Waals surface area contributed by atoms with Gasteiger partial charge in [0.15, 0.2) is 0 Å². The van der Waals surface area contributed by atoms with E-state index < -0.39 is 6.04 Å². The summed E-state index contributed by atoms with van der Waals surface area (Å²) in [6, 6.07) is 20.0. The molecular formula is C27H31N3O3. The van der Waals surface area contributed by atoms with E-state index in [4.69, 9.17) is 4.74 Å². The summed E-state index contributed by atoms with van der Waals surface area (Å²) >= 11 is 0. The van der Waals surface area contributed by atoms with Crippen molar-refractivity contribution in [2.45, 2.75) is 46.4 Å². The van der Waals surface area contributed by atoms with Gasteiger partial charge >= 0.3 is 0 Å². The summed E-state index contributed by atoms with van der Waals surface area (Å²) in [5, 5.41) is 5.85. The van der Waals surface area contributed by atoms with E-state index in [1.807, 2.05) is 81.4 Å². The van der Waals surface area contributed by atoms with Gasteiger partial charge in [0.2, 0.25) is 5.91 Å². The minimum Gasteiger partial charge on any atom is -0.487 e. The molecule has 3 aromatic rings. The Morgan fingerprint density at radius 3 is 2.36 bits per heavy atom. The summed E-state index contributed by atoms with van der Waals surface area (Å²) < 4.78 is 5.75. The third-order valence-electron chi connectivity index (χ3n) is 5.22. The first kappa shape index (κ1) is 24.0. The minimum atomic E-state index is -0.599. The number of rotatable bonds is 10. The van der Waals surface area contributed by atoms with Crippen LogP contribution in [-0.2, 0) is 17.9 Å². The summed E-state index contributed by atoms with van der Waals surface area (Å²) in [6.45, 7) is 6.71. The lowest BCUT2D eigenvalue weighted by molar-refractivity contribution is -0.123. The van der Waals surface area contributed by atoms with Crippen LogP contribution in [0.1, 0.15) is 47.4 Å². The average molecular weight is 446 g/mol. The maximum Gasteiger partial charge on any atom is 0.252 e. The van der Waals surface area contributed by atoms with Crippen LogP contribution in [0.3, 0.4) is 0 Å². The summed E-state index contributed by atoms with van der Waals surface area (Å²) in [5.41, 5.74) is 3.27. The lowest BCUT2D eigenvalue weighted by Gasteiger charge is -2.21. The monoisotopic (exact) mass is 445 g/mol. The second-order valence-electron chi connectivity index (χ2n) is 8.44. The fraction of sp³-hybridized carbons (Fsp3) is 0.296. The number of nitrogens with one attached hydrogen (secondary N) is 2. The van der Waals surface area contributed by atoms with Gasteiger partial charge in [0.05, 0.1) is 5.69 Å². The molecule has 172 valence electrons. The minimum absolute atomic E-state index is 0.193. The lowest BCUT2D eigenvalue weighted by atomic mass is 10.0. The predicted octanol–water partition coefficient (Wildman–Crippen LogP) is 4.43. The van der Waals surface area contributed by atoms with Crippen molar-refractivity contribution in [2.24, 2.45) is 5.92 Å². The number of aromatic nitrogens is 1. The van der Waals surface area contributed by atoms with Gasteiger partial charge in [-0.1, -0.05) is 50.2 Å². The van der Waals surface area contributed by atoms with Gasteiger partial charge in [-0.2, -0.15) is 0 Å². The molecule has 6 nitrogen and oxygen atoms in total. The molecule has 0 aliphatic heterocycles. The number of amides is 2. The summed E-state index contributed by atoms with van der Waals surface area (Å²) in [7, 11) is 0. The van der Waals surface area contributed by atoms with Crippen molar-refractivity contribution in [3.05, 3.63) is 95.3 Å². The molecular weight excluding hydrogens is 414 g/mol. The molecule has 0 fully saturated rings. The molecule has 0 saturated carbocycles. The van der Waals surface area contributed by atoms with Crippen molar-refractivity contribution in [1.29, 1.82) is 0 Å². The number of nitrogens with zero attached hydrogens (tertiary/aromatic N) is 1. The van der Waals surface area contributed by atoms with E-state index in [1.165, 1.54) is 0 Å². The average Bonchev–Trinajstić information content (AvgIpc) is 2.82. The van der Waals surface area contributed by atoms with Crippen molar-refractivity contribution in [3.63, 3.8) is 0 Å². The van der Waals surface area contributed by atoms with E-state index in [9.17, 15) is 9.59 Å². The van der Waals surface area contributed by atoms with E-state index in [2.05, 4.69) is 15.6 Å². The fourth-order valence-corrected chi connectivity index (χ4v) is 3.42. The van der Waals surface area contributed by atoms with E-state index >= 15 is 0 Å². The van der Waals surface area contributed by atoms with Gasteiger partial charge in [0.1, 0.15) is 18.4 Å². The Balaban J connectivity index is 1.54. The van der Waals surface area contributed by atoms with Gasteiger partial charge < -0.3 is 15.4 Å². The Morgan fingerprint density at radius 1 is 0.970 bits per heavy atom. The quantitative estimate of drug-likeness (QED) is 0.484. The second-order valence-corrected chi connectivity index (χ2v) is 8.44. The number of aryl methyl sites for hydroxylation is 1. The van der Waals surface area contributed by atoms with Crippen molar-refractivity contribution < 1.29 is 14.3 Å². The SMILES string of the molecule is Cc1ccccc1C(=O)NC(CC(C)C)C(=O)NCc1ccc(OCc2ccccn2)cc1. The number of ether oxygens (including phenoxy) is 1. The molecule has 1 heterocycles. The number of carbonyl (C=O) groups is 2. The zero-order valence-corrected chi connectivity index (χ0v) is 19.4. The van der Waals surface area contributed by atoms with Crippen LogP contribution < -0.4 is 15.4 Å². The number of hydrogen-bond donors (Lipinski definition) is 2. The van der Waals surface area contributed by atoms with Crippen LogP contribution in [0.4, 0.5) is 0 Å². The van der Waals surface area contributed by atoms with E-state index in [-0.39, 0.29) is 17.7 Å². The molecule has 0 spiro atoms. The molecule has 2 aromatic carbocycles. The molecule has 1 aromatic heterocycles. The van der Waals surface area contributed by atoms with Crippen LogP contribution in [0.15, 0.2) is 72.9 Å². The van der Waals surface area contributed by atoms with Crippen LogP contribution in [-0.4, -0.2) is 22.8 Å². The third-order valence-corrected chi connectivity index (χ3v) is 5.22. The van der Waals surface area contributed by atoms with E-state index in [0.29, 0.717) is 25.1 Å². The van der Waals surface area contributed by atoms with Crippen LogP contribution in [0, 0.1) is 12.8 Å². The van der Waals surface area contributed by atoms with Gasteiger partial charge in [0, 0.05) is 18.3 Å². The molecule has 0 radical (unpaired) electrons. The summed E-state index contributed by atoms with van der Waals surface area (Å²) in [6.07, 6.45) is 2.30. The van der Waals surface area contributed by atoms with Crippen LogP contribution in [0.5, 0.6) is 5.75 Å². The van der Waals surface area contributed by atoms with Crippen molar-refractivity contribution in [2.75, 3.05) is 0 Å². The van der Waals surface area contributed by atoms with Gasteiger partial charge in [0.25, 0.3) is 5.91 Å². The normalized spacial score (nSPS) is 11.6. The molecule has 2 amide bonds. The highest BCUT2D eigenvalue weighted by Crippen LogP contribution is 2.14. The highest BCUT2D eigenvalue weighted by Gasteiger charge is 2.23. The Hall–Kier alpha value is -3.67. The van der Waals surface area contributed by atoms with Crippen LogP contribution in [0.25, 0.3) is 0 Å². The Kier molecular flexibility index (Phi) is 8.58. The summed E-state index contributed by atoms with van der Waals surface area (Å²) in [5.74, 6) is 0.566. The van der Waals surface area contributed by atoms with Crippen molar-refractivity contribution in [1.82, 2.24) is 15.6 Å². The third kappa shape index (κ3) is 7.45. The molecule has 6 heteroatoms. The first-order chi connectivity index (χ1) is 15.9. The smallest absolute Gasteiger partial charge is 0.252 e. The molecule has 1 atom stereocenters. The largest absolute Gasteiger partial charge is 0.487 e. The molecule has 0 aliphatic rings. The molecule has 3 rings (SSSR count). The van der Waals surface area contributed by atoms with Crippen LogP contribution >= 0.6 is 0 Å². The molecule has 0 bridgehead atoms. The topological polar surface area (TPSA) is 80.3 Å². The molecule has 2 N–H and O–H groups in total. The summed E-state index contributed by atoms with van der Waals surface area (Å²) in [4.78, 5) is 29.8. The van der Waals surface area contributed by atoms with Crippen molar-refractivity contribution >= 4 is 11.8 Å². The Labute approximate surface area is 195 Å². The predicted molar refractivity (Wildman–Crippen MR) is 129 cm³/mol. The van der Waals surface area contributed by atoms with Gasteiger partial charge in [-0.3, -0.25) is 14.6 Å². The molecule has 33 heavy (non-hydrogen) atoms. The van der Waals surface area contributed by atoms with Crippen LogP contribution in [0.2, 0.25) is 0 Å². The number of pyridine rings is 1.